The second kappa shape index (κ2) is 5.64. The Morgan fingerprint density at radius 3 is 2.75 bits per heavy atom. The average molecular weight is 224 g/mol. The van der Waals surface area contributed by atoms with Crippen molar-refractivity contribution in [2.75, 3.05) is 6.61 Å². The summed E-state index contributed by atoms with van der Waals surface area (Å²) in [7, 11) is 0. The van der Waals surface area contributed by atoms with Gasteiger partial charge >= 0.3 is 0 Å². The van der Waals surface area contributed by atoms with Gasteiger partial charge in [0.15, 0.2) is 5.78 Å². The quantitative estimate of drug-likeness (QED) is 0.716. The number of hydrogen-bond donors (Lipinski definition) is 0. The smallest absolute Gasteiger partial charge is 0.163 e. The molecule has 1 rings (SSSR count). The normalized spacial score (nSPS) is 12.2. The number of rotatable bonds is 5. The Balaban J connectivity index is 2.84. The third-order valence-electron chi connectivity index (χ3n) is 2.54. The minimum atomic E-state index is -0.385. The topological polar surface area (TPSA) is 26.3 Å². The second-order valence-electron chi connectivity index (χ2n) is 4.02. The third kappa shape index (κ3) is 3.33. The predicted octanol–water partition coefficient (Wildman–Crippen LogP) is 3.45. The zero-order chi connectivity index (χ0) is 12.1. The van der Waals surface area contributed by atoms with Gasteiger partial charge in [0.2, 0.25) is 0 Å². The fourth-order valence-electron chi connectivity index (χ4n) is 1.26. The molecule has 0 saturated carbocycles. The summed E-state index contributed by atoms with van der Waals surface area (Å²) in [5, 5.41) is 0. The molecule has 0 aliphatic heterocycles. The second-order valence-corrected chi connectivity index (χ2v) is 4.02. The van der Waals surface area contributed by atoms with E-state index in [0.29, 0.717) is 23.8 Å². The van der Waals surface area contributed by atoms with E-state index >= 15 is 0 Å². The number of Topliss-reactive ketones (excluding diaryl/α,β-unsaturated/α-hetero) is 1. The first-order valence-corrected chi connectivity index (χ1v) is 5.47. The van der Waals surface area contributed by atoms with E-state index in [0.717, 1.165) is 6.42 Å². The molecule has 1 unspecified atom stereocenters. The lowest BCUT2D eigenvalue weighted by atomic mass is 10.1. The van der Waals surface area contributed by atoms with Gasteiger partial charge in [0.1, 0.15) is 11.6 Å². The molecule has 0 N–H and O–H groups in total. The molecular formula is C13H17FO2. The first-order valence-electron chi connectivity index (χ1n) is 5.47. The number of carbonyl (C=O) groups excluding carboxylic acids is 1. The summed E-state index contributed by atoms with van der Waals surface area (Å²) in [6, 6.07) is 4.00. The molecule has 0 spiro atoms. The summed E-state index contributed by atoms with van der Waals surface area (Å²) in [6.45, 7) is 6.06. The van der Waals surface area contributed by atoms with Crippen molar-refractivity contribution in [1.82, 2.24) is 0 Å². The predicted molar refractivity (Wildman–Crippen MR) is 61.4 cm³/mol. The van der Waals surface area contributed by atoms with Crippen molar-refractivity contribution >= 4 is 5.78 Å². The standard InChI is InChI=1S/C13H17FO2/c1-4-9(2)8-16-13-7-11(14)5-6-12(13)10(3)15/h5-7,9H,4,8H2,1-3H3. The van der Waals surface area contributed by atoms with Crippen LogP contribution in [0, 0.1) is 11.7 Å². The summed E-state index contributed by atoms with van der Waals surface area (Å²) in [4.78, 5) is 11.3. The van der Waals surface area contributed by atoms with E-state index in [4.69, 9.17) is 4.74 Å². The lowest BCUT2D eigenvalue weighted by Gasteiger charge is -2.13. The zero-order valence-electron chi connectivity index (χ0n) is 9.92. The average Bonchev–Trinajstić information content (AvgIpc) is 2.25. The third-order valence-corrected chi connectivity index (χ3v) is 2.54. The van der Waals surface area contributed by atoms with Crippen LogP contribution in [0.15, 0.2) is 18.2 Å². The molecule has 0 amide bonds. The van der Waals surface area contributed by atoms with E-state index in [2.05, 4.69) is 6.92 Å². The minimum absolute atomic E-state index is 0.112. The van der Waals surface area contributed by atoms with Crippen molar-refractivity contribution in [3.8, 4) is 5.75 Å². The van der Waals surface area contributed by atoms with E-state index in [1.165, 1.54) is 25.1 Å². The van der Waals surface area contributed by atoms with Crippen LogP contribution in [0.2, 0.25) is 0 Å². The Hall–Kier alpha value is -1.38. The van der Waals surface area contributed by atoms with Crippen molar-refractivity contribution in [3.63, 3.8) is 0 Å². The first kappa shape index (κ1) is 12.7. The maximum absolute atomic E-state index is 13.0. The molecule has 88 valence electrons. The van der Waals surface area contributed by atoms with Gasteiger partial charge < -0.3 is 4.74 Å². The molecule has 0 fully saturated rings. The van der Waals surface area contributed by atoms with E-state index < -0.39 is 0 Å². The summed E-state index contributed by atoms with van der Waals surface area (Å²) >= 11 is 0. The molecule has 16 heavy (non-hydrogen) atoms. The number of hydrogen-bond acceptors (Lipinski definition) is 2. The molecule has 0 saturated heterocycles. The Morgan fingerprint density at radius 2 is 2.19 bits per heavy atom. The van der Waals surface area contributed by atoms with Crippen molar-refractivity contribution in [2.45, 2.75) is 27.2 Å². The summed E-state index contributed by atoms with van der Waals surface area (Å²) < 4.78 is 18.5. The molecule has 0 heterocycles. The van der Waals surface area contributed by atoms with Crippen molar-refractivity contribution in [1.29, 1.82) is 0 Å². The molecule has 0 bridgehead atoms. The lowest BCUT2D eigenvalue weighted by molar-refractivity contribution is 0.101. The number of carbonyl (C=O) groups is 1. The Labute approximate surface area is 95.4 Å². The van der Waals surface area contributed by atoms with Crippen LogP contribution in [0.1, 0.15) is 37.6 Å². The zero-order valence-corrected chi connectivity index (χ0v) is 9.92. The van der Waals surface area contributed by atoms with Crippen molar-refractivity contribution < 1.29 is 13.9 Å². The molecule has 1 aromatic rings. The van der Waals surface area contributed by atoms with Crippen LogP contribution in [0.5, 0.6) is 5.75 Å². The Morgan fingerprint density at radius 1 is 1.50 bits per heavy atom. The number of benzene rings is 1. The van der Waals surface area contributed by atoms with Crippen LogP contribution in [0.25, 0.3) is 0 Å². The number of halogens is 1. The number of ketones is 1. The van der Waals surface area contributed by atoms with Crippen LogP contribution in [-0.4, -0.2) is 12.4 Å². The lowest BCUT2D eigenvalue weighted by Crippen LogP contribution is -2.09. The van der Waals surface area contributed by atoms with E-state index in [1.807, 2.05) is 6.92 Å². The highest BCUT2D eigenvalue weighted by Gasteiger charge is 2.10. The van der Waals surface area contributed by atoms with Gasteiger partial charge in [0.25, 0.3) is 0 Å². The Kier molecular flexibility index (Phi) is 4.47. The van der Waals surface area contributed by atoms with Gasteiger partial charge in [-0.25, -0.2) is 4.39 Å². The van der Waals surface area contributed by atoms with Crippen LogP contribution < -0.4 is 4.74 Å². The molecule has 0 aliphatic rings. The van der Waals surface area contributed by atoms with E-state index in [-0.39, 0.29) is 11.6 Å². The van der Waals surface area contributed by atoms with Crippen molar-refractivity contribution in [3.05, 3.63) is 29.6 Å². The monoisotopic (exact) mass is 224 g/mol. The highest BCUT2D eigenvalue weighted by molar-refractivity contribution is 5.96. The minimum Gasteiger partial charge on any atom is -0.492 e. The molecule has 0 aliphatic carbocycles. The molecule has 3 heteroatoms. The van der Waals surface area contributed by atoms with E-state index in [9.17, 15) is 9.18 Å². The fraction of sp³-hybridized carbons (Fsp3) is 0.462. The summed E-state index contributed by atoms with van der Waals surface area (Å²) in [5.41, 5.74) is 0.435. The number of ether oxygens (including phenoxy) is 1. The highest BCUT2D eigenvalue weighted by Crippen LogP contribution is 2.21. The maximum atomic E-state index is 13.0. The van der Waals surface area contributed by atoms with Crippen LogP contribution >= 0.6 is 0 Å². The molecule has 0 aromatic heterocycles. The van der Waals surface area contributed by atoms with E-state index in [1.54, 1.807) is 0 Å². The van der Waals surface area contributed by atoms with Crippen LogP contribution in [0.4, 0.5) is 4.39 Å². The first-order chi connectivity index (χ1) is 7.54. The maximum Gasteiger partial charge on any atom is 0.163 e. The van der Waals surface area contributed by atoms with Gasteiger partial charge in [0, 0.05) is 6.07 Å². The highest BCUT2D eigenvalue weighted by atomic mass is 19.1. The molecule has 2 nitrogen and oxygen atoms in total. The fourth-order valence-corrected chi connectivity index (χ4v) is 1.26. The Bertz CT molecular complexity index is 374. The molecule has 1 atom stereocenters. The van der Waals surface area contributed by atoms with Gasteiger partial charge in [-0.2, -0.15) is 0 Å². The van der Waals surface area contributed by atoms with Crippen molar-refractivity contribution in [2.24, 2.45) is 5.92 Å². The van der Waals surface area contributed by atoms with Gasteiger partial charge in [-0.3, -0.25) is 4.79 Å². The molecule has 0 radical (unpaired) electrons. The molecule has 1 aromatic carbocycles. The SMILES string of the molecule is CCC(C)COc1cc(F)ccc1C(C)=O. The van der Waals surface area contributed by atoms with Gasteiger partial charge in [-0.15, -0.1) is 0 Å². The summed E-state index contributed by atoms with van der Waals surface area (Å²) in [6.07, 6.45) is 0.991. The molecular weight excluding hydrogens is 207 g/mol. The van der Waals surface area contributed by atoms with Crippen LogP contribution in [0.3, 0.4) is 0 Å². The largest absolute Gasteiger partial charge is 0.492 e. The van der Waals surface area contributed by atoms with Gasteiger partial charge in [-0.1, -0.05) is 20.3 Å². The van der Waals surface area contributed by atoms with Gasteiger partial charge in [-0.05, 0) is 25.0 Å². The van der Waals surface area contributed by atoms with Gasteiger partial charge in [0.05, 0.1) is 12.2 Å². The van der Waals surface area contributed by atoms with Crippen LogP contribution in [-0.2, 0) is 0 Å². The summed E-state index contributed by atoms with van der Waals surface area (Å²) in [5.74, 6) is 0.235.